The summed E-state index contributed by atoms with van der Waals surface area (Å²) in [6.45, 7) is 2.16. The maximum Gasteiger partial charge on any atom is 0.232 e. The van der Waals surface area contributed by atoms with Crippen LogP contribution in [0.1, 0.15) is 18.4 Å². The van der Waals surface area contributed by atoms with Gasteiger partial charge >= 0.3 is 0 Å². The molecule has 116 valence electrons. The third kappa shape index (κ3) is 3.81. The van der Waals surface area contributed by atoms with Gasteiger partial charge in [-0.15, -0.1) is 0 Å². The zero-order chi connectivity index (χ0) is 15.1. The van der Waals surface area contributed by atoms with Gasteiger partial charge in [-0.25, -0.2) is 0 Å². The van der Waals surface area contributed by atoms with E-state index in [1.807, 2.05) is 24.3 Å². The summed E-state index contributed by atoms with van der Waals surface area (Å²) in [5.74, 6) is -0.00170. The number of carbonyl (C=O) groups excluding carboxylic acids is 1. The van der Waals surface area contributed by atoms with Crippen LogP contribution in [-0.4, -0.2) is 39.4 Å². The second kappa shape index (κ2) is 7.54. The SMILES string of the molecule is COCCc1ccccc1NC(=O)C1(CN)CCOCC1. The number of nitrogens with one attached hydrogen (secondary N) is 1. The zero-order valence-electron chi connectivity index (χ0n) is 12.6. The lowest BCUT2D eigenvalue weighted by Gasteiger charge is -2.34. The van der Waals surface area contributed by atoms with E-state index in [2.05, 4.69) is 5.32 Å². The minimum Gasteiger partial charge on any atom is -0.384 e. The number of ether oxygens (including phenoxy) is 2. The standard InChI is InChI=1S/C16H24N2O3/c1-20-9-6-13-4-2-3-5-14(13)18-15(19)16(12-17)7-10-21-11-8-16/h2-5H,6-12,17H2,1H3,(H,18,19). The Labute approximate surface area is 125 Å². The highest BCUT2D eigenvalue weighted by atomic mass is 16.5. The maximum atomic E-state index is 12.7. The first-order valence-electron chi connectivity index (χ1n) is 7.38. The average molecular weight is 292 g/mol. The Morgan fingerprint density at radius 2 is 2.10 bits per heavy atom. The molecule has 1 aliphatic rings. The number of carbonyl (C=O) groups is 1. The number of rotatable bonds is 6. The fourth-order valence-corrected chi connectivity index (χ4v) is 2.61. The molecule has 0 aromatic heterocycles. The van der Waals surface area contributed by atoms with Crippen molar-refractivity contribution in [2.75, 3.05) is 38.8 Å². The monoisotopic (exact) mass is 292 g/mol. The molecule has 1 aromatic rings. The molecule has 0 atom stereocenters. The van der Waals surface area contributed by atoms with Crippen molar-refractivity contribution in [2.45, 2.75) is 19.3 Å². The van der Waals surface area contributed by atoms with Gasteiger partial charge in [0, 0.05) is 32.6 Å². The predicted octanol–water partition coefficient (Wildman–Crippen LogP) is 1.57. The molecule has 5 heteroatoms. The van der Waals surface area contributed by atoms with E-state index in [4.69, 9.17) is 15.2 Å². The molecular weight excluding hydrogens is 268 g/mol. The van der Waals surface area contributed by atoms with Crippen LogP contribution in [0.5, 0.6) is 0 Å². The molecule has 5 nitrogen and oxygen atoms in total. The minimum absolute atomic E-state index is 0.00170. The van der Waals surface area contributed by atoms with Crippen LogP contribution in [0.4, 0.5) is 5.69 Å². The molecule has 1 saturated heterocycles. The van der Waals surface area contributed by atoms with E-state index in [-0.39, 0.29) is 5.91 Å². The van der Waals surface area contributed by atoms with Crippen molar-refractivity contribution in [3.63, 3.8) is 0 Å². The quantitative estimate of drug-likeness (QED) is 0.834. The van der Waals surface area contributed by atoms with Gasteiger partial charge in [-0.3, -0.25) is 4.79 Å². The Hall–Kier alpha value is -1.43. The number of anilines is 1. The maximum absolute atomic E-state index is 12.7. The van der Waals surface area contributed by atoms with Gasteiger partial charge < -0.3 is 20.5 Å². The molecule has 1 fully saturated rings. The summed E-state index contributed by atoms with van der Waals surface area (Å²) in [4.78, 5) is 12.7. The molecular formula is C16H24N2O3. The smallest absolute Gasteiger partial charge is 0.232 e. The third-order valence-corrected chi connectivity index (χ3v) is 4.16. The predicted molar refractivity (Wildman–Crippen MR) is 82.2 cm³/mol. The number of benzene rings is 1. The minimum atomic E-state index is -0.507. The molecule has 0 spiro atoms. The Balaban J connectivity index is 2.11. The van der Waals surface area contributed by atoms with E-state index in [0.29, 0.717) is 39.2 Å². The van der Waals surface area contributed by atoms with Crippen molar-refractivity contribution < 1.29 is 14.3 Å². The summed E-state index contributed by atoms with van der Waals surface area (Å²) in [7, 11) is 1.67. The highest BCUT2D eigenvalue weighted by Crippen LogP contribution is 2.31. The van der Waals surface area contributed by atoms with Crippen molar-refractivity contribution in [1.29, 1.82) is 0 Å². The summed E-state index contributed by atoms with van der Waals surface area (Å²) in [6, 6.07) is 7.82. The Kier molecular flexibility index (Phi) is 5.73. The third-order valence-electron chi connectivity index (χ3n) is 4.16. The Bertz CT molecular complexity index is 470. The van der Waals surface area contributed by atoms with Crippen molar-refractivity contribution in [1.82, 2.24) is 0 Å². The molecule has 0 bridgehead atoms. The van der Waals surface area contributed by atoms with Gasteiger partial charge in [-0.05, 0) is 30.9 Å². The first kappa shape index (κ1) is 15.9. The van der Waals surface area contributed by atoms with Crippen LogP contribution in [0.15, 0.2) is 24.3 Å². The lowest BCUT2D eigenvalue weighted by molar-refractivity contribution is -0.130. The van der Waals surface area contributed by atoms with E-state index in [9.17, 15) is 4.79 Å². The van der Waals surface area contributed by atoms with Gasteiger partial charge in [-0.2, -0.15) is 0 Å². The molecule has 1 heterocycles. The zero-order valence-corrected chi connectivity index (χ0v) is 12.6. The van der Waals surface area contributed by atoms with Crippen LogP contribution < -0.4 is 11.1 Å². The molecule has 0 unspecified atom stereocenters. The van der Waals surface area contributed by atoms with Gasteiger partial charge in [0.15, 0.2) is 0 Å². The van der Waals surface area contributed by atoms with Crippen molar-refractivity contribution >= 4 is 11.6 Å². The van der Waals surface area contributed by atoms with Gasteiger partial charge in [-0.1, -0.05) is 18.2 Å². The van der Waals surface area contributed by atoms with Crippen molar-refractivity contribution in [2.24, 2.45) is 11.1 Å². The Morgan fingerprint density at radius 1 is 1.38 bits per heavy atom. The van der Waals surface area contributed by atoms with E-state index in [0.717, 1.165) is 17.7 Å². The van der Waals surface area contributed by atoms with Gasteiger partial charge in [0.25, 0.3) is 0 Å². The first-order valence-corrected chi connectivity index (χ1v) is 7.38. The second-order valence-electron chi connectivity index (χ2n) is 5.45. The molecule has 0 saturated carbocycles. The van der Waals surface area contributed by atoms with Crippen LogP contribution in [0.25, 0.3) is 0 Å². The molecule has 0 aliphatic carbocycles. The highest BCUT2D eigenvalue weighted by molar-refractivity contribution is 5.96. The van der Waals surface area contributed by atoms with Crippen LogP contribution in [0.3, 0.4) is 0 Å². The molecule has 21 heavy (non-hydrogen) atoms. The van der Waals surface area contributed by atoms with E-state index in [1.54, 1.807) is 7.11 Å². The lowest BCUT2D eigenvalue weighted by atomic mass is 9.79. The summed E-state index contributed by atoms with van der Waals surface area (Å²) >= 11 is 0. The highest BCUT2D eigenvalue weighted by Gasteiger charge is 2.38. The second-order valence-corrected chi connectivity index (χ2v) is 5.45. The summed E-state index contributed by atoms with van der Waals surface area (Å²) in [5.41, 5.74) is 7.29. The van der Waals surface area contributed by atoms with Crippen LogP contribution in [0.2, 0.25) is 0 Å². The molecule has 3 N–H and O–H groups in total. The molecule has 2 rings (SSSR count). The van der Waals surface area contributed by atoms with Crippen LogP contribution >= 0.6 is 0 Å². The Morgan fingerprint density at radius 3 is 2.76 bits per heavy atom. The van der Waals surface area contributed by atoms with Crippen molar-refractivity contribution in [3.05, 3.63) is 29.8 Å². The number of methoxy groups -OCH3 is 1. The molecule has 0 radical (unpaired) electrons. The van der Waals surface area contributed by atoms with Crippen molar-refractivity contribution in [3.8, 4) is 0 Å². The normalized spacial score (nSPS) is 17.4. The number of hydrogen-bond acceptors (Lipinski definition) is 4. The van der Waals surface area contributed by atoms with Gasteiger partial charge in [0.2, 0.25) is 5.91 Å². The van der Waals surface area contributed by atoms with Crippen LogP contribution in [0, 0.1) is 5.41 Å². The first-order chi connectivity index (χ1) is 10.2. The summed E-state index contributed by atoms with van der Waals surface area (Å²) in [6.07, 6.45) is 2.12. The topological polar surface area (TPSA) is 73.6 Å². The molecule has 1 amide bonds. The van der Waals surface area contributed by atoms with Gasteiger partial charge in [0.1, 0.15) is 0 Å². The van der Waals surface area contributed by atoms with E-state index >= 15 is 0 Å². The fraction of sp³-hybridized carbons (Fsp3) is 0.562. The van der Waals surface area contributed by atoms with E-state index < -0.39 is 5.41 Å². The average Bonchev–Trinajstić information content (AvgIpc) is 2.54. The fourth-order valence-electron chi connectivity index (χ4n) is 2.61. The van der Waals surface area contributed by atoms with Crippen LogP contribution in [-0.2, 0) is 20.7 Å². The van der Waals surface area contributed by atoms with E-state index in [1.165, 1.54) is 0 Å². The van der Waals surface area contributed by atoms with Gasteiger partial charge in [0.05, 0.1) is 12.0 Å². The molecule has 1 aromatic carbocycles. The lowest BCUT2D eigenvalue weighted by Crippen LogP contribution is -2.46. The number of nitrogens with two attached hydrogens (primary N) is 1. The largest absolute Gasteiger partial charge is 0.384 e. The number of hydrogen-bond donors (Lipinski definition) is 2. The summed E-state index contributed by atoms with van der Waals surface area (Å²) < 4.78 is 10.5. The number of amides is 1. The summed E-state index contributed by atoms with van der Waals surface area (Å²) in [5, 5.41) is 3.05. The number of para-hydroxylation sites is 1. The molecule has 1 aliphatic heterocycles.